The molecule has 2 heterocycles. The highest BCUT2D eigenvalue weighted by molar-refractivity contribution is 5.78. The molecule has 2 saturated heterocycles. The fourth-order valence-electron chi connectivity index (χ4n) is 8.09. The minimum Gasteiger partial charge on any atom is -0.468 e. The van der Waals surface area contributed by atoms with Gasteiger partial charge in [0.15, 0.2) is 0 Å². The summed E-state index contributed by atoms with van der Waals surface area (Å²) in [6.45, 7) is 1.42. The first-order valence-corrected chi connectivity index (χ1v) is 19.3. The van der Waals surface area contributed by atoms with Crippen molar-refractivity contribution in [1.29, 1.82) is 0 Å². The van der Waals surface area contributed by atoms with E-state index >= 15 is 0 Å². The summed E-state index contributed by atoms with van der Waals surface area (Å²) in [7, 11) is 1.39. The highest BCUT2D eigenvalue weighted by Crippen LogP contribution is 2.48. The topological polar surface area (TPSA) is 95.9 Å². The third kappa shape index (κ3) is 9.45. The van der Waals surface area contributed by atoms with Gasteiger partial charge in [0.1, 0.15) is 36.1 Å². The Morgan fingerprint density at radius 2 is 1.09 bits per heavy atom. The lowest BCUT2D eigenvalue weighted by Crippen LogP contribution is -2.71. The quantitative estimate of drug-likeness (QED) is 0.102. The van der Waals surface area contributed by atoms with Gasteiger partial charge in [0.05, 0.1) is 46.8 Å². The zero-order valence-electron chi connectivity index (χ0n) is 31.8. The van der Waals surface area contributed by atoms with E-state index in [1.54, 1.807) is 0 Å². The van der Waals surface area contributed by atoms with Crippen LogP contribution in [0.3, 0.4) is 0 Å². The second-order valence-corrected chi connectivity index (χ2v) is 14.5. The number of rotatable bonds is 17. The molecule has 2 fully saturated rings. The zero-order chi connectivity index (χ0) is 38.6. The second-order valence-electron chi connectivity index (χ2n) is 14.5. The third-order valence-electron chi connectivity index (χ3n) is 10.7. The Morgan fingerprint density at radius 1 is 0.643 bits per heavy atom. The van der Waals surface area contributed by atoms with Crippen LogP contribution in [0, 0.1) is 0 Å². The second kappa shape index (κ2) is 19.4. The standard InChI is InChI=1S/C47H51NO8/c1-51-46(50)44-47(27-40(29-49)48(44)28-35-17-7-2-8-18-35)45(55-33-39-25-15-6-16-26-39)43(54-32-38-23-13-5-14-24-38)42(53-31-37-21-11-4-12-22-37)41(56-47)34-52-30-36-19-9-3-10-20-36/h2-26,40-45,49H,27-34H2,1H3/t40-,41?,42?,43?,44-,45?,47?/m1/s1. The van der Waals surface area contributed by atoms with Crippen LogP contribution in [0.15, 0.2) is 152 Å². The summed E-state index contributed by atoms with van der Waals surface area (Å²) in [4.78, 5) is 16.4. The van der Waals surface area contributed by atoms with Crippen molar-refractivity contribution in [2.45, 2.75) is 81.5 Å². The zero-order valence-corrected chi connectivity index (χ0v) is 31.8. The number of carbonyl (C=O) groups excluding carboxylic acids is 1. The number of ether oxygens (including phenoxy) is 6. The Labute approximate surface area is 329 Å². The van der Waals surface area contributed by atoms with Gasteiger partial charge in [-0.25, -0.2) is 0 Å². The van der Waals surface area contributed by atoms with Gasteiger partial charge >= 0.3 is 5.97 Å². The van der Waals surface area contributed by atoms with Gasteiger partial charge < -0.3 is 33.5 Å². The van der Waals surface area contributed by atoms with Crippen LogP contribution in [0.2, 0.25) is 0 Å². The fourth-order valence-corrected chi connectivity index (χ4v) is 8.09. The van der Waals surface area contributed by atoms with Gasteiger partial charge in [0.25, 0.3) is 0 Å². The van der Waals surface area contributed by atoms with Crippen molar-refractivity contribution in [3.63, 3.8) is 0 Å². The molecule has 0 saturated carbocycles. The predicted octanol–water partition coefficient (Wildman–Crippen LogP) is 6.91. The molecule has 1 spiro atoms. The van der Waals surface area contributed by atoms with Crippen molar-refractivity contribution in [1.82, 2.24) is 4.90 Å². The number of aliphatic hydroxyl groups is 1. The van der Waals surface area contributed by atoms with E-state index in [0.717, 1.165) is 27.8 Å². The van der Waals surface area contributed by atoms with Crippen molar-refractivity contribution < 1.29 is 38.3 Å². The van der Waals surface area contributed by atoms with Crippen molar-refractivity contribution in [2.24, 2.45) is 0 Å². The van der Waals surface area contributed by atoms with E-state index < -0.39 is 48.1 Å². The summed E-state index contributed by atoms with van der Waals surface area (Å²) in [5.74, 6) is -0.486. The molecular weight excluding hydrogens is 707 g/mol. The Balaban J connectivity index is 1.33. The molecule has 2 aliphatic rings. The lowest BCUT2D eigenvalue weighted by atomic mass is 9.78. The maximum absolute atomic E-state index is 14.4. The van der Waals surface area contributed by atoms with Gasteiger partial charge in [-0.15, -0.1) is 0 Å². The molecule has 7 atom stereocenters. The average Bonchev–Trinajstić information content (AvgIpc) is 3.56. The minimum atomic E-state index is -1.35. The fraction of sp³-hybridized carbons (Fsp3) is 0.340. The molecule has 2 aliphatic heterocycles. The maximum Gasteiger partial charge on any atom is 0.326 e. The summed E-state index contributed by atoms with van der Waals surface area (Å²) >= 11 is 0. The van der Waals surface area contributed by atoms with Gasteiger partial charge in [0, 0.05) is 12.6 Å². The van der Waals surface area contributed by atoms with Crippen LogP contribution in [-0.2, 0) is 66.2 Å². The molecule has 292 valence electrons. The summed E-state index contributed by atoms with van der Waals surface area (Å²) in [6, 6.07) is 48.3. The molecule has 56 heavy (non-hydrogen) atoms. The normalized spacial score (nSPS) is 25.0. The van der Waals surface area contributed by atoms with E-state index in [1.165, 1.54) is 7.11 Å². The predicted molar refractivity (Wildman–Crippen MR) is 212 cm³/mol. The van der Waals surface area contributed by atoms with Gasteiger partial charge in [-0.1, -0.05) is 152 Å². The molecule has 0 aliphatic carbocycles. The van der Waals surface area contributed by atoms with E-state index in [9.17, 15) is 9.90 Å². The van der Waals surface area contributed by atoms with Crippen LogP contribution in [0.5, 0.6) is 0 Å². The van der Waals surface area contributed by atoms with Crippen LogP contribution in [0.25, 0.3) is 0 Å². The van der Waals surface area contributed by atoms with Crippen LogP contribution in [-0.4, -0.2) is 78.4 Å². The number of carbonyl (C=O) groups is 1. The van der Waals surface area contributed by atoms with Gasteiger partial charge in [-0.2, -0.15) is 0 Å². The Hall–Kier alpha value is -4.71. The number of hydrogen-bond donors (Lipinski definition) is 1. The highest BCUT2D eigenvalue weighted by atomic mass is 16.6. The molecule has 5 aromatic rings. The number of hydrogen-bond acceptors (Lipinski definition) is 9. The molecule has 0 aromatic heterocycles. The third-order valence-corrected chi connectivity index (χ3v) is 10.7. The Kier molecular flexibility index (Phi) is 13.7. The largest absolute Gasteiger partial charge is 0.468 e. The van der Waals surface area contributed by atoms with Crippen molar-refractivity contribution in [2.75, 3.05) is 20.3 Å². The van der Waals surface area contributed by atoms with Crippen LogP contribution in [0.1, 0.15) is 34.2 Å². The number of nitrogens with zero attached hydrogens (tertiary/aromatic N) is 1. The highest BCUT2D eigenvalue weighted by Gasteiger charge is 2.67. The molecule has 5 unspecified atom stereocenters. The van der Waals surface area contributed by atoms with Crippen LogP contribution >= 0.6 is 0 Å². The molecule has 7 rings (SSSR count). The number of esters is 1. The van der Waals surface area contributed by atoms with E-state index in [2.05, 4.69) is 0 Å². The number of aliphatic hydroxyl groups excluding tert-OH is 1. The first-order chi connectivity index (χ1) is 27.6. The average molecular weight is 758 g/mol. The lowest BCUT2D eigenvalue weighted by molar-refractivity contribution is -0.312. The molecule has 0 bridgehead atoms. The van der Waals surface area contributed by atoms with Crippen molar-refractivity contribution >= 4 is 5.97 Å². The summed E-state index contributed by atoms with van der Waals surface area (Å²) < 4.78 is 40.4. The molecule has 9 nitrogen and oxygen atoms in total. The summed E-state index contributed by atoms with van der Waals surface area (Å²) in [6.07, 6.45) is -2.72. The molecule has 9 heteroatoms. The SMILES string of the molecule is COC(=O)[C@H]1N(Cc2ccccc2)[C@@H](CO)CC12OC(COCc1ccccc1)C(OCc1ccccc1)C(OCc1ccccc1)C2OCc1ccccc1. The molecular formula is C47H51NO8. The molecule has 5 aromatic carbocycles. The monoisotopic (exact) mass is 757 g/mol. The maximum atomic E-state index is 14.4. The van der Waals surface area contributed by atoms with E-state index in [-0.39, 0.29) is 39.5 Å². The molecule has 1 N–H and O–H groups in total. The van der Waals surface area contributed by atoms with Crippen molar-refractivity contribution in [3.8, 4) is 0 Å². The molecule has 0 amide bonds. The smallest absolute Gasteiger partial charge is 0.326 e. The summed E-state index contributed by atoms with van der Waals surface area (Å²) in [5, 5.41) is 11.0. The van der Waals surface area contributed by atoms with Crippen LogP contribution in [0.4, 0.5) is 0 Å². The number of likely N-dealkylation sites (tertiary alicyclic amines) is 1. The first-order valence-electron chi connectivity index (χ1n) is 19.3. The number of methoxy groups -OCH3 is 1. The minimum absolute atomic E-state index is 0.142. The molecule has 0 radical (unpaired) electrons. The van der Waals surface area contributed by atoms with Crippen LogP contribution < -0.4 is 0 Å². The van der Waals surface area contributed by atoms with Crippen molar-refractivity contribution in [3.05, 3.63) is 179 Å². The summed E-state index contributed by atoms with van der Waals surface area (Å²) in [5.41, 5.74) is 3.57. The van der Waals surface area contributed by atoms with Gasteiger partial charge in [-0.05, 0) is 34.2 Å². The number of benzene rings is 5. The Morgan fingerprint density at radius 3 is 1.57 bits per heavy atom. The van der Waals surface area contributed by atoms with E-state index in [1.807, 2.05) is 157 Å². The van der Waals surface area contributed by atoms with Gasteiger partial charge in [0.2, 0.25) is 0 Å². The van der Waals surface area contributed by atoms with E-state index in [0.29, 0.717) is 13.2 Å². The van der Waals surface area contributed by atoms with Gasteiger partial charge in [-0.3, -0.25) is 9.69 Å². The lowest BCUT2D eigenvalue weighted by Gasteiger charge is -2.53. The van der Waals surface area contributed by atoms with E-state index in [4.69, 9.17) is 28.4 Å². The first kappa shape index (κ1) is 39.5. The Bertz CT molecular complexity index is 1900.